The Balaban J connectivity index is 3.27. The highest BCUT2D eigenvalue weighted by atomic mass is 16.6. The highest BCUT2D eigenvalue weighted by Crippen LogP contribution is 2.18. The molecular weight excluding hydrogens is 142 g/mol. The van der Waals surface area contributed by atoms with Crippen molar-refractivity contribution in [1.29, 1.82) is 0 Å². The van der Waals surface area contributed by atoms with Crippen molar-refractivity contribution in [2.45, 2.75) is 13.8 Å². The molecule has 1 aromatic rings. The maximum Gasteiger partial charge on any atom is 0.272 e. The molecule has 0 aliphatic rings. The Morgan fingerprint density at radius 3 is 2.91 bits per heavy atom. The SMILES string of the molecule is [2H]C([2H])([2H])c1ccc(C)c([N+](=O)[O-])c1. The van der Waals surface area contributed by atoms with Gasteiger partial charge in [-0.15, -0.1) is 0 Å². The zero-order chi connectivity index (χ0) is 10.9. The van der Waals surface area contributed by atoms with Crippen molar-refractivity contribution in [3.63, 3.8) is 0 Å². The molecule has 1 aromatic carbocycles. The van der Waals surface area contributed by atoms with Gasteiger partial charge in [0.15, 0.2) is 0 Å². The van der Waals surface area contributed by atoms with Crippen molar-refractivity contribution in [2.75, 3.05) is 0 Å². The van der Waals surface area contributed by atoms with Gasteiger partial charge in [-0.3, -0.25) is 10.1 Å². The van der Waals surface area contributed by atoms with Crippen molar-refractivity contribution in [2.24, 2.45) is 0 Å². The number of hydrogen-bond acceptors (Lipinski definition) is 2. The molecule has 0 bridgehead atoms. The van der Waals surface area contributed by atoms with Crippen LogP contribution in [0.5, 0.6) is 0 Å². The molecule has 11 heavy (non-hydrogen) atoms. The van der Waals surface area contributed by atoms with Crippen LogP contribution in [0, 0.1) is 23.9 Å². The lowest BCUT2D eigenvalue weighted by molar-refractivity contribution is -0.385. The predicted octanol–water partition coefficient (Wildman–Crippen LogP) is 2.21. The molecule has 0 amide bonds. The van der Waals surface area contributed by atoms with Gasteiger partial charge in [-0.05, 0) is 19.3 Å². The highest BCUT2D eigenvalue weighted by Gasteiger charge is 2.08. The quantitative estimate of drug-likeness (QED) is 0.459. The lowest BCUT2D eigenvalue weighted by Crippen LogP contribution is -1.91. The topological polar surface area (TPSA) is 43.1 Å². The van der Waals surface area contributed by atoms with E-state index in [1.54, 1.807) is 6.92 Å². The van der Waals surface area contributed by atoms with E-state index in [0.717, 1.165) is 6.07 Å². The van der Waals surface area contributed by atoms with Crippen molar-refractivity contribution in [3.05, 3.63) is 39.4 Å². The number of aryl methyl sites for hydroxylation is 2. The van der Waals surface area contributed by atoms with Crippen LogP contribution in [-0.4, -0.2) is 4.92 Å². The van der Waals surface area contributed by atoms with Crippen LogP contribution in [0.1, 0.15) is 15.2 Å². The third kappa shape index (κ3) is 1.55. The lowest BCUT2D eigenvalue weighted by Gasteiger charge is -1.96. The Bertz CT molecular complexity index is 373. The average Bonchev–Trinajstić information content (AvgIpc) is 2.02. The first-order valence-corrected chi connectivity index (χ1v) is 3.08. The van der Waals surface area contributed by atoms with E-state index in [1.165, 1.54) is 12.1 Å². The first-order chi connectivity index (χ1) is 6.32. The second-order valence-electron chi connectivity index (χ2n) is 2.26. The second-order valence-corrected chi connectivity index (χ2v) is 2.26. The zero-order valence-electron chi connectivity index (χ0n) is 9.00. The maximum atomic E-state index is 10.5. The minimum absolute atomic E-state index is 0.00481. The molecule has 0 unspecified atom stereocenters. The molecule has 0 radical (unpaired) electrons. The summed E-state index contributed by atoms with van der Waals surface area (Å²) in [4.78, 5) is 9.94. The molecular formula is C8H9NO2. The molecule has 0 aliphatic heterocycles. The van der Waals surface area contributed by atoms with Crippen molar-refractivity contribution >= 4 is 5.69 Å². The van der Waals surface area contributed by atoms with E-state index in [-0.39, 0.29) is 11.3 Å². The van der Waals surface area contributed by atoms with Gasteiger partial charge in [-0.25, -0.2) is 0 Å². The Kier molecular flexibility index (Phi) is 1.10. The number of hydrogen-bond donors (Lipinski definition) is 0. The van der Waals surface area contributed by atoms with E-state index in [9.17, 15) is 10.1 Å². The Hall–Kier alpha value is -1.38. The number of nitro groups is 1. The molecule has 0 atom stereocenters. The summed E-state index contributed by atoms with van der Waals surface area (Å²) in [6.07, 6.45) is 0. The van der Waals surface area contributed by atoms with Crippen LogP contribution < -0.4 is 0 Å². The van der Waals surface area contributed by atoms with Gasteiger partial charge >= 0.3 is 0 Å². The highest BCUT2D eigenvalue weighted by molar-refractivity contribution is 5.41. The fourth-order valence-corrected chi connectivity index (χ4v) is 0.806. The summed E-state index contributed by atoms with van der Waals surface area (Å²) in [5.74, 6) is 0. The number of rotatable bonds is 1. The molecule has 3 heteroatoms. The predicted molar refractivity (Wildman–Crippen MR) is 42.6 cm³/mol. The Morgan fingerprint density at radius 2 is 2.36 bits per heavy atom. The molecule has 58 valence electrons. The number of benzene rings is 1. The molecule has 0 aliphatic carbocycles. The normalized spacial score (nSPS) is 14.8. The van der Waals surface area contributed by atoms with Gasteiger partial charge < -0.3 is 0 Å². The summed E-state index contributed by atoms with van der Waals surface area (Å²) >= 11 is 0. The summed E-state index contributed by atoms with van der Waals surface area (Å²) in [7, 11) is 0. The smallest absolute Gasteiger partial charge is 0.258 e. The fraction of sp³-hybridized carbons (Fsp3) is 0.250. The van der Waals surface area contributed by atoms with Crippen LogP contribution in [0.15, 0.2) is 18.2 Å². The monoisotopic (exact) mass is 154 g/mol. The third-order valence-electron chi connectivity index (χ3n) is 1.41. The van der Waals surface area contributed by atoms with Gasteiger partial charge in [0, 0.05) is 15.7 Å². The average molecular weight is 154 g/mol. The molecule has 0 aromatic heterocycles. The Labute approximate surface area is 69.0 Å². The van der Waals surface area contributed by atoms with Gasteiger partial charge in [0.1, 0.15) is 0 Å². The van der Waals surface area contributed by atoms with Gasteiger partial charge in [-0.2, -0.15) is 0 Å². The molecule has 3 nitrogen and oxygen atoms in total. The third-order valence-corrected chi connectivity index (χ3v) is 1.41. The van der Waals surface area contributed by atoms with E-state index in [0.29, 0.717) is 5.56 Å². The summed E-state index contributed by atoms with van der Waals surface area (Å²) < 4.78 is 21.3. The van der Waals surface area contributed by atoms with Crippen molar-refractivity contribution < 1.29 is 9.04 Å². The molecule has 0 heterocycles. The van der Waals surface area contributed by atoms with Crippen LogP contribution in [0.2, 0.25) is 0 Å². The summed E-state index contributed by atoms with van der Waals surface area (Å²) in [5.41, 5.74) is 0.302. The lowest BCUT2D eigenvalue weighted by atomic mass is 10.1. The van der Waals surface area contributed by atoms with E-state index in [1.807, 2.05) is 0 Å². The molecule has 0 N–H and O–H groups in total. The van der Waals surface area contributed by atoms with Crippen LogP contribution >= 0.6 is 0 Å². The maximum absolute atomic E-state index is 10.5. The molecule has 0 saturated heterocycles. The van der Waals surface area contributed by atoms with Gasteiger partial charge in [0.05, 0.1) is 4.92 Å². The molecule has 0 spiro atoms. The van der Waals surface area contributed by atoms with Crippen molar-refractivity contribution in [1.82, 2.24) is 0 Å². The molecule has 1 rings (SSSR count). The number of nitrogens with zero attached hydrogens (tertiary/aromatic N) is 1. The molecule has 0 saturated carbocycles. The minimum Gasteiger partial charge on any atom is -0.258 e. The van der Waals surface area contributed by atoms with Crippen LogP contribution in [0.4, 0.5) is 5.69 Å². The van der Waals surface area contributed by atoms with Gasteiger partial charge in [-0.1, -0.05) is 12.1 Å². The zero-order valence-corrected chi connectivity index (χ0v) is 6.00. The van der Waals surface area contributed by atoms with E-state index >= 15 is 0 Å². The van der Waals surface area contributed by atoms with Gasteiger partial charge in [0.2, 0.25) is 0 Å². The fourth-order valence-electron chi connectivity index (χ4n) is 0.806. The van der Waals surface area contributed by atoms with E-state index < -0.39 is 11.8 Å². The van der Waals surface area contributed by atoms with Gasteiger partial charge in [0.25, 0.3) is 5.69 Å². The largest absolute Gasteiger partial charge is 0.272 e. The first-order valence-electron chi connectivity index (χ1n) is 4.58. The summed E-state index contributed by atoms with van der Waals surface area (Å²) in [6, 6.07) is 3.93. The summed E-state index contributed by atoms with van der Waals surface area (Å²) in [5, 5.41) is 10.5. The van der Waals surface area contributed by atoms with Crippen LogP contribution in [0.25, 0.3) is 0 Å². The Morgan fingerprint density at radius 1 is 1.64 bits per heavy atom. The summed E-state index contributed by atoms with van der Waals surface area (Å²) in [6.45, 7) is -0.722. The first kappa shape index (κ1) is 4.49. The minimum atomic E-state index is -2.29. The standard InChI is InChI=1S/C8H9NO2/c1-6-3-4-7(2)8(5-6)9(10)11/h3-5H,1-2H3/i1D3. The van der Waals surface area contributed by atoms with Crippen LogP contribution in [-0.2, 0) is 0 Å². The van der Waals surface area contributed by atoms with E-state index in [2.05, 4.69) is 0 Å². The van der Waals surface area contributed by atoms with Crippen LogP contribution in [0.3, 0.4) is 0 Å². The molecule has 0 fully saturated rings. The van der Waals surface area contributed by atoms with Crippen molar-refractivity contribution in [3.8, 4) is 0 Å². The van der Waals surface area contributed by atoms with E-state index in [4.69, 9.17) is 4.11 Å². The number of nitro benzene ring substituents is 1. The second kappa shape index (κ2) is 2.70.